The van der Waals surface area contributed by atoms with Crippen LogP contribution in [0.1, 0.15) is 5.69 Å². The molecule has 2 aromatic rings. The van der Waals surface area contributed by atoms with Gasteiger partial charge in [0, 0.05) is 0 Å². The number of aromatic nitrogens is 4. The van der Waals surface area contributed by atoms with Crippen LogP contribution in [0.4, 0.5) is 13.2 Å². The van der Waals surface area contributed by atoms with Crippen molar-refractivity contribution < 1.29 is 13.2 Å². The second kappa shape index (κ2) is 2.41. The van der Waals surface area contributed by atoms with Crippen LogP contribution in [0.3, 0.4) is 0 Å². The minimum atomic E-state index is -4.44. The van der Waals surface area contributed by atoms with Gasteiger partial charge >= 0.3 is 6.18 Å². The third kappa shape index (κ3) is 1.32. The summed E-state index contributed by atoms with van der Waals surface area (Å²) in [6, 6.07) is 2.08. The number of rotatable bonds is 0. The molecule has 13 heavy (non-hydrogen) atoms. The van der Waals surface area contributed by atoms with Gasteiger partial charge in [-0.2, -0.15) is 23.5 Å². The van der Waals surface area contributed by atoms with Crippen molar-refractivity contribution in [2.75, 3.05) is 0 Å². The molecule has 0 saturated carbocycles. The number of hydrogen-bond acceptors (Lipinski definition) is 3. The number of nitrogens with zero attached hydrogens (tertiary/aromatic N) is 3. The smallest absolute Gasteiger partial charge is 0.221 e. The van der Waals surface area contributed by atoms with Crippen LogP contribution in [0.25, 0.3) is 11.2 Å². The zero-order chi connectivity index (χ0) is 9.47. The van der Waals surface area contributed by atoms with E-state index in [2.05, 4.69) is 20.4 Å². The number of pyridine rings is 1. The first kappa shape index (κ1) is 7.96. The van der Waals surface area contributed by atoms with Gasteiger partial charge in [-0.25, -0.2) is 4.98 Å². The summed E-state index contributed by atoms with van der Waals surface area (Å²) in [6.07, 6.45) is -4.44. The van der Waals surface area contributed by atoms with Crippen LogP contribution >= 0.6 is 0 Å². The third-order valence-electron chi connectivity index (χ3n) is 1.47. The van der Waals surface area contributed by atoms with Crippen molar-refractivity contribution in [1.82, 2.24) is 20.4 Å². The van der Waals surface area contributed by atoms with E-state index in [9.17, 15) is 13.2 Å². The lowest BCUT2D eigenvalue weighted by Gasteiger charge is -2.03. The molecule has 0 unspecified atom stereocenters. The highest BCUT2D eigenvalue weighted by atomic mass is 19.4. The van der Waals surface area contributed by atoms with E-state index in [1.165, 1.54) is 6.07 Å². The van der Waals surface area contributed by atoms with Gasteiger partial charge in [-0.3, -0.25) is 0 Å². The fourth-order valence-electron chi connectivity index (χ4n) is 0.895. The Labute approximate surface area is 69.8 Å². The van der Waals surface area contributed by atoms with Crippen molar-refractivity contribution in [2.24, 2.45) is 0 Å². The van der Waals surface area contributed by atoms with Crippen molar-refractivity contribution in [3.63, 3.8) is 0 Å². The van der Waals surface area contributed by atoms with E-state index in [4.69, 9.17) is 0 Å². The van der Waals surface area contributed by atoms with Crippen molar-refractivity contribution >= 4 is 11.2 Å². The first-order chi connectivity index (χ1) is 6.07. The van der Waals surface area contributed by atoms with Crippen LogP contribution in [0.5, 0.6) is 0 Å². The molecule has 0 aromatic carbocycles. The lowest BCUT2D eigenvalue weighted by atomic mass is 10.3. The molecule has 0 bridgehead atoms. The molecular formula is C6H3F3N4. The normalized spacial score (nSPS) is 12.2. The van der Waals surface area contributed by atoms with Gasteiger partial charge in [0.15, 0.2) is 0 Å². The molecule has 2 rings (SSSR count). The minimum absolute atomic E-state index is 0.0326. The van der Waals surface area contributed by atoms with Gasteiger partial charge in [0.25, 0.3) is 0 Å². The third-order valence-corrected chi connectivity index (χ3v) is 1.47. The summed E-state index contributed by atoms with van der Waals surface area (Å²) in [5, 5.41) is 9.21. The van der Waals surface area contributed by atoms with Gasteiger partial charge in [-0.05, 0) is 12.1 Å². The predicted molar refractivity (Wildman–Crippen MR) is 36.7 cm³/mol. The molecule has 0 aliphatic carbocycles. The standard InChI is InChI=1S/C6H3F3N4/c7-6(8,9)4-2-1-3-5(10-4)12-13-11-3/h1-2H,(H,10,11,12,13). The average Bonchev–Trinajstić information content (AvgIpc) is 2.47. The van der Waals surface area contributed by atoms with E-state index in [0.29, 0.717) is 5.52 Å². The van der Waals surface area contributed by atoms with E-state index in [-0.39, 0.29) is 5.65 Å². The van der Waals surface area contributed by atoms with Crippen LogP contribution in [-0.2, 0) is 6.18 Å². The fraction of sp³-hybridized carbons (Fsp3) is 0.167. The molecule has 0 radical (unpaired) electrons. The summed E-state index contributed by atoms with van der Waals surface area (Å²) in [5.41, 5.74) is -0.684. The molecule has 68 valence electrons. The largest absolute Gasteiger partial charge is 0.433 e. The maximum atomic E-state index is 12.1. The Bertz CT molecular complexity index is 433. The zero-order valence-corrected chi connectivity index (χ0v) is 6.13. The SMILES string of the molecule is FC(F)(F)c1ccc2n[nH]nc2n1. The lowest BCUT2D eigenvalue weighted by Crippen LogP contribution is -2.07. The summed E-state index contributed by atoms with van der Waals surface area (Å²) >= 11 is 0. The summed E-state index contributed by atoms with van der Waals surface area (Å²) < 4.78 is 36.3. The lowest BCUT2D eigenvalue weighted by molar-refractivity contribution is -0.141. The molecule has 4 nitrogen and oxygen atoms in total. The molecule has 7 heteroatoms. The molecule has 0 spiro atoms. The van der Waals surface area contributed by atoms with Gasteiger partial charge in [0.2, 0.25) is 5.65 Å². The molecule has 0 aliphatic rings. The van der Waals surface area contributed by atoms with Crippen molar-refractivity contribution in [1.29, 1.82) is 0 Å². The Morgan fingerprint density at radius 1 is 1.15 bits per heavy atom. The van der Waals surface area contributed by atoms with E-state index in [0.717, 1.165) is 6.07 Å². The highest BCUT2D eigenvalue weighted by Crippen LogP contribution is 2.27. The Kier molecular flexibility index (Phi) is 1.48. The summed E-state index contributed by atoms with van der Waals surface area (Å²) in [7, 11) is 0. The number of nitrogens with one attached hydrogen (secondary N) is 1. The average molecular weight is 188 g/mol. The molecule has 0 amide bonds. The van der Waals surface area contributed by atoms with E-state index in [1.807, 2.05) is 0 Å². The van der Waals surface area contributed by atoms with Crippen molar-refractivity contribution in [2.45, 2.75) is 6.18 Å². The van der Waals surface area contributed by atoms with Gasteiger partial charge in [-0.1, -0.05) is 0 Å². The monoisotopic (exact) mass is 188 g/mol. The molecule has 0 atom stereocenters. The minimum Gasteiger partial charge on any atom is -0.221 e. The number of H-pyrrole nitrogens is 1. The summed E-state index contributed by atoms with van der Waals surface area (Å²) in [6.45, 7) is 0. The maximum absolute atomic E-state index is 12.1. The molecule has 1 N–H and O–H groups in total. The Morgan fingerprint density at radius 2 is 1.92 bits per heavy atom. The molecule has 2 heterocycles. The Balaban J connectivity index is 2.61. The number of hydrogen-bond donors (Lipinski definition) is 1. The zero-order valence-electron chi connectivity index (χ0n) is 6.13. The quantitative estimate of drug-likeness (QED) is 0.679. The predicted octanol–water partition coefficient (Wildman–Crippen LogP) is 1.37. The Morgan fingerprint density at radius 3 is 2.62 bits per heavy atom. The van der Waals surface area contributed by atoms with Crippen LogP contribution in [0.15, 0.2) is 12.1 Å². The second-order valence-corrected chi connectivity index (χ2v) is 2.36. The highest BCUT2D eigenvalue weighted by molar-refractivity contribution is 5.68. The summed E-state index contributed by atoms with van der Waals surface area (Å²) in [4.78, 5) is 3.28. The molecule has 0 saturated heterocycles. The van der Waals surface area contributed by atoms with E-state index < -0.39 is 11.9 Å². The second-order valence-electron chi connectivity index (χ2n) is 2.36. The van der Waals surface area contributed by atoms with Gasteiger partial charge < -0.3 is 0 Å². The number of aromatic amines is 1. The van der Waals surface area contributed by atoms with Crippen molar-refractivity contribution in [3.8, 4) is 0 Å². The first-order valence-electron chi connectivity index (χ1n) is 3.32. The van der Waals surface area contributed by atoms with Gasteiger partial charge in [0.1, 0.15) is 11.2 Å². The summed E-state index contributed by atoms with van der Waals surface area (Å²) in [5.74, 6) is 0. The van der Waals surface area contributed by atoms with Crippen LogP contribution in [0, 0.1) is 0 Å². The molecule has 2 aromatic heterocycles. The van der Waals surface area contributed by atoms with E-state index >= 15 is 0 Å². The number of alkyl halides is 3. The molecule has 0 fully saturated rings. The number of fused-ring (bicyclic) bond motifs is 1. The number of halogens is 3. The molecule has 0 aliphatic heterocycles. The van der Waals surface area contributed by atoms with E-state index in [1.54, 1.807) is 0 Å². The van der Waals surface area contributed by atoms with Crippen LogP contribution < -0.4 is 0 Å². The Hall–Kier alpha value is -1.66. The van der Waals surface area contributed by atoms with Crippen LogP contribution in [0.2, 0.25) is 0 Å². The van der Waals surface area contributed by atoms with Crippen LogP contribution in [-0.4, -0.2) is 20.4 Å². The topological polar surface area (TPSA) is 54.5 Å². The maximum Gasteiger partial charge on any atom is 0.433 e. The molecular weight excluding hydrogens is 185 g/mol. The van der Waals surface area contributed by atoms with Gasteiger partial charge in [-0.15, -0.1) is 5.10 Å². The van der Waals surface area contributed by atoms with Crippen molar-refractivity contribution in [3.05, 3.63) is 17.8 Å². The first-order valence-corrected chi connectivity index (χ1v) is 3.32. The van der Waals surface area contributed by atoms with Gasteiger partial charge in [0.05, 0.1) is 0 Å². The highest BCUT2D eigenvalue weighted by Gasteiger charge is 2.32. The fourth-order valence-corrected chi connectivity index (χ4v) is 0.895.